The van der Waals surface area contributed by atoms with Gasteiger partial charge in [0, 0.05) is 19.9 Å². The summed E-state index contributed by atoms with van der Waals surface area (Å²) in [6, 6.07) is 5.51. The molecule has 0 bridgehead atoms. The first kappa shape index (κ1) is 15.1. The molecule has 22 heavy (non-hydrogen) atoms. The van der Waals surface area contributed by atoms with E-state index in [2.05, 4.69) is 0 Å². The zero-order valence-corrected chi connectivity index (χ0v) is 12.4. The number of benzene rings is 1. The maximum atomic E-state index is 11.1. The SMILES string of the molecule is CC(=O)OC1CCC(N)(CN)C(c2ccc3c(c2)OCO3)O1. The lowest BCUT2D eigenvalue weighted by Crippen LogP contribution is -2.56. The van der Waals surface area contributed by atoms with Gasteiger partial charge in [-0.05, 0) is 24.1 Å². The summed E-state index contributed by atoms with van der Waals surface area (Å²) in [5.74, 6) is 0.952. The predicted molar refractivity (Wildman–Crippen MR) is 77.2 cm³/mol. The normalized spacial score (nSPS) is 30.1. The molecule has 3 atom stereocenters. The van der Waals surface area contributed by atoms with E-state index in [0.29, 0.717) is 24.3 Å². The monoisotopic (exact) mass is 308 g/mol. The molecule has 7 heteroatoms. The molecular formula is C15H20N2O5. The number of ether oxygens (including phenoxy) is 4. The largest absolute Gasteiger partial charge is 0.454 e. The van der Waals surface area contributed by atoms with Gasteiger partial charge in [-0.3, -0.25) is 4.79 Å². The summed E-state index contributed by atoms with van der Waals surface area (Å²) in [6.07, 6.45) is 0.0239. The first-order chi connectivity index (χ1) is 10.5. The Hall–Kier alpha value is -1.83. The minimum atomic E-state index is -0.718. The van der Waals surface area contributed by atoms with Gasteiger partial charge in [-0.25, -0.2) is 0 Å². The second kappa shape index (κ2) is 5.75. The highest BCUT2D eigenvalue weighted by atomic mass is 16.7. The van der Waals surface area contributed by atoms with Gasteiger partial charge in [0.2, 0.25) is 13.1 Å². The van der Waals surface area contributed by atoms with E-state index in [-0.39, 0.29) is 19.3 Å². The van der Waals surface area contributed by atoms with Gasteiger partial charge in [0.1, 0.15) is 6.10 Å². The molecule has 0 radical (unpaired) electrons. The Kier molecular flexibility index (Phi) is 3.94. The predicted octanol–water partition coefficient (Wildman–Crippen LogP) is 0.812. The molecule has 3 rings (SSSR count). The highest BCUT2D eigenvalue weighted by Gasteiger charge is 2.43. The molecule has 1 saturated heterocycles. The highest BCUT2D eigenvalue weighted by molar-refractivity contribution is 5.66. The van der Waals surface area contributed by atoms with Crippen molar-refractivity contribution in [2.45, 2.75) is 37.7 Å². The highest BCUT2D eigenvalue weighted by Crippen LogP contribution is 2.41. The van der Waals surface area contributed by atoms with Gasteiger partial charge >= 0.3 is 5.97 Å². The van der Waals surface area contributed by atoms with Crippen LogP contribution in [-0.4, -0.2) is 31.1 Å². The topological polar surface area (TPSA) is 106 Å². The number of carbonyl (C=O) groups is 1. The quantitative estimate of drug-likeness (QED) is 0.796. The van der Waals surface area contributed by atoms with Crippen LogP contribution in [0.2, 0.25) is 0 Å². The summed E-state index contributed by atoms with van der Waals surface area (Å²) in [4.78, 5) is 11.1. The van der Waals surface area contributed by atoms with E-state index < -0.39 is 17.9 Å². The fraction of sp³-hybridized carbons (Fsp3) is 0.533. The molecule has 4 N–H and O–H groups in total. The van der Waals surface area contributed by atoms with Crippen LogP contribution in [0, 0.1) is 0 Å². The Morgan fingerprint density at radius 2 is 2.18 bits per heavy atom. The van der Waals surface area contributed by atoms with Crippen LogP contribution in [0.1, 0.15) is 31.4 Å². The molecule has 1 aromatic rings. The van der Waals surface area contributed by atoms with E-state index in [4.69, 9.17) is 30.4 Å². The number of hydrogen-bond acceptors (Lipinski definition) is 7. The van der Waals surface area contributed by atoms with Gasteiger partial charge in [-0.1, -0.05) is 6.07 Å². The van der Waals surface area contributed by atoms with E-state index in [1.54, 1.807) is 0 Å². The third-order valence-electron chi connectivity index (χ3n) is 4.03. The van der Waals surface area contributed by atoms with Gasteiger partial charge in [-0.15, -0.1) is 0 Å². The molecule has 120 valence electrons. The summed E-state index contributed by atoms with van der Waals surface area (Å²) in [5, 5.41) is 0. The first-order valence-corrected chi connectivity index (χ1v) is 7.23. The Morgan fingerprint density at radius 3 is 2.91 bits per heavy atom. The number of fused-ring (bicyclic) bond motifs is 1. The van der Waals surface area contributed by atoms with Crippen LogP contribution in [-0.2, 0) is 14.3 Å². The number of rotatable bonds is 3. The van der Waals surface area contributed by atoms with Gasteiger partial charge < -0.3 is 30.4 Å². The molecule has 0 aliphatic carbocycles. The van der Waals surface area contributed by atoms with Gasteiger partial charge in [0.25, 0.3) is 0 Å². The summed E-state index contributed by atoms with van der Waals surface area (Å²) in [5.41, 5.74) is 12.4. The van der Waals surface area contributed by atoms with Crippen LogP contribution in [0.25, 0.3) is 0 Å². The minimum Gasteiger partial charge on any atom is -0.454 e. The molecule has 7 nitrogen and oxygen atoms in total. The Bertz CT molecular complexity index is 579. The number of esters is 1. The second-order valence-electron chi connectivity index (χ2n) is 5.64. The fourth-order valence-electron chi connectivity index (χ4n) is 2.84. The number of hydrogen-bond donors (Lipinski definition) is 2. The molecule has 1 aromatic carbocycles. The molecule has 1 fully saturated rings. The molecule has 0 spiro atoms. The van der Waals surface area contributed by atoms with Crippen molar-refractivity contribution in [3.8, 4) is 11.5 Å². The van der Waals surface area contributed by atoms with E-state index >= 15 is 0 Å². The van der Waals surface area contributed by atoms with Gasteiger partial charge in [0.15, 0.2) is 11.5 Å². The molecule has 3 unspecified atom stereocenters. The van der Waals surface area contributed by atoms with Crippen molar-refractivity contribution in [3.63, 3.8) is 0 Å². The van der Waals surface area contributed by atoms with Crippen molar-refractivity contribution < 1.29 is 23.7 Å². The van der Waals surface area contributed by atoms with Crippen LogP contribution < -0.4 is 20.9 Å². The summed E-state index contributed by atoms with van der Waals surface area (Å²) in [6.45, 7) is 1.82. The van der Waals surface area contributed by atoms with Crippen molar-refractivity contribution in [1.82, 2.24) is 0 Å². The lowest BCUT2D eigenvalue weighted by atomic mass is 9.82. The maximum Gasteiger partial charge on any atom is 0.304 e. The van der Waals surface area contributed by atoms with Gasteiger partial charge in [-0.2, -0.15) is 0 Å². The summed E-state index contributed by atoms with van der Waals surface area (Å²) >= 11 is 0. The molecule has 2 heterocycles. The standard InChI is InChI=1S/C15H20N2O5/c1-9(18)21-13-4-5-15(17,7-16)14(22-13)10-2-3-11-12(6-10)20-8-19-11/h2-3,6,13-14H,4-5,7-8,16-17H2,1H3. The molecule has 0 saturated carbocycles. The average molecular weight is 308 g/mol. The van der Waals surface area contributed by atoms with Crippen LogP contribution in [0.3, 0.4) is 0 Å². The van der Waals surface area contributed by atoms with Crippen LogP contribution in [0.4, 0.5) is 0 Å². The fourth-order valence-corrected chi connectivity index (χ4v) is 2.84. The Labute approximate surface area is 128 Å². The molecule has 2 aliphatic heterocycles. The van der Waals surface area contributed by atoms with Crippen LogP contribution in [0.15, 0.2) is 18.2 Å². The average Bonchev–Trinajstić information content (AvgIpc) is 2.96. The zero-order chi connectivity index (χ0) is 15.7. The molecular weight excluding hydrogens is 288 g/mol. The van der Waals surface area contributed by atoms with E-state index in [0.717, 1.165) is 5.56 Å². The van der Waals surface area contributed by atoms with E-state index in [1.807, 2.05) is 18.2 Å². The Balaban J connectivity index is 1.87. The maximum absolute atomic E-state index is 11.1. The van der Waals surface area contributed by atoms with E-state index in [1.165, 1.54) is 6.92 Å². The lowest BCUT2D eigenvalue weighted by Gasteiger charge is -2.43. The van der Waals surface area contributed by atoms with Crippen molar-refractivity contribution in [2.75, 3.05) is 13.3 Å². The third-order valence-corrected chi connectivity index (χ3v) is 4.03. The minimum absolute atomic E-state index is 0.199. The molecule has 0 amide bonds. The summed E-state index contributed by atoms with van der Waals surface area (Å²) < 4.78 is 21.8. The first-order valence-electron chi connectivity index (χ1n) is 7.23. The lowest BCUT2D eigenvalue weighted by molar-refractivity contribution is -0.215. The number of nitrogens with two attached hydrogens (primary N) is 2. The van der Waals surface area contributed by atoms with Crippen LogP contribution >= 0.6 is 0 Å². The molecule has 0 aromatic heterocycles. The van der Waals surface area contributed by atoms with Crippen molar-refractivity contribution in [3.05, 3.63) is 23.8 Å². The van der Waals surface area contributed by atoms with Crippen LogP contribution in [0.5, 0.6) is 11.5 Å². The number of carbonyl (C=O) groups excluding carboxylic acids is 1. The second-order valence-corrected chi connectivity index (χ2v) is 5.64. The summed E-state index contributed by atoms with van der Waals surface area (Å²) in [7, 11) is 0. The van der Waals surface area contributed by atoms with Crippen molar-refractivity contribution in [1.29, 1.82) is 0 Å². The smallest absolute Gasteiger partial charge is 0.304 e. The van der Waals surface area contributed by atoms with Gasteiger partial charge in [0.05, 0.1) is 5.54 Å². The van der Waals surface area contributed by atoms with E-state index in [9.17, 15) is 4.79 Å². The third kappa shape index (κ3) is 2.75. The van der Waals surface area contributed by atoms with Crippen molar-refractivity contribution in [2.24, 2.45) is 11.5 Å². The zero-order valence-electron chi connectivity index (χ0n) is 12.4. The Morgan fingerprint density at radius 1 is 1.41 bits per heavy atom. The molecule has 2 aliphatic rings. The van der Waals surface area contributed by atoms with Crippen molar-refractivity contribution >= 4 is 5.97 Å².